The van der Waals surface area contributed by atoms with E-state index in [-0.39, 0.29) is 6.09 Å². The Morgan fingerprint density at radius 1 is 1.53 bits per heavy atom. The van der Waals surface area contributed by atoms with Gasteiger partial charge in [-0.25, -0.2) is 4.79 Å². The minimum Gasteiger partial charge on any atom is -0.444 e. The molecule has 0 aliphatic carbocycles. The summed E-state index contributed by atoms with van der Waals surface area (Å²) in [6.07, 6.45) is 1.77. The Kier molecular flexibility index (Phi) is 4.77. The zero-order valence-electron chi connectivity index (χ0n) is 11.3. The van der Waals surface area contributed by atoms with Gasteiger partial charge in [-0.15, -0.1) is 0 Å². The van der Waals surface area contributed by atoms with Gasteiger partial charge in [-0.2, -0.15) is 5.06 Å². The van der Waals surface area contributed by atoms with Crippen LogP contribution in [0, 0.1) is 5.92 Å². The van der Waals surface area contributed by atoms with E-state index in [1.165, 1.54) is 5.06 Å². The fourth-order valence-electron chi connectivity index (χ4n) is 2.08. The molecule has 1 heterocycles. The third kappa shape index (κ3) is 5.37. The van der Waals surface area contributed by atoms with Crippen LogP contribution in [0.4, 0.5) is 4.79 Å². The number of nitrogens with zero attached hydrogens (tertiary/aromatic N) is 2. The molecule has 5 heteroatoms. The molecule has 1 unspecified atom stereocenters. The molecule has 1 N–H and O–H groups in total. The monoisotopic (exact) mass is 244 g/mol. The first kappa shape index (κ1) is 14.3. The van der Waals surface area contributed by atoms with Crippen molar-refractivity contribution in [2.45, 2.75) is 39.2 Å². The van der Waals surface area contributed by atoms with Gasteiger partial charge in [0.2, 0.25) is 0 Å². The van der Waals surface area contributed by atoms with Gasteiger partial charge in [0.15, 0.2) is 0 Å². The highest BCUT2D eigenvalue weighted by molar-refractivity contribution is 5.68. The maximum absolute atomic E-state index is 11.9. The van der Waals surface area contributed by atoms with E-state index in [1.807, 2.05) is 20.8 Å². The molecule has 1 aliphatic heterocycles. The smallest absolute Gasteiger partial charge is 0.410 e. The molecular formula is C12H24N2O3. The number of carbonyl (C=O) groups is 1. The van der Waals surface area contributed by atoms with E-state index >= 15 is 0 Å². The van der Waals surface area contributed by atoms with Crippen molar-refractivity contribution in [3.05, 3.63) is 0 Å². The minimum absolute atomic E-state index is 0.247. The highest BCUT2D eigenvalue weighted by Crippen LogP contribution is 2.19. The van der Waals surface area contributed by atoms with E-state index in [2.05, 4.69) is 0 Å². The molecule has 1 saturated heterocycles. The molecule has 1 atom stereocenters. The molecule has 0 radical (unpaired) electrons. The predicted octanol–water partition coefficient (Wildman–Crippen LogP) is 1.95. The van der Waals surface area contributed by atoms with Gasteiger partial charge in [0.05, 0.1) is 0 Å². The predicted molar refractivity (Wildman–Crippen MR) is 64.9 cm³/mol. The van der Waals surface area contributed by atoms with Crippen molar-refractivity contribution >= 4 is 6.09 Å². The lowest BCUT2D eigenvalue weighted by Gasteiger charge is -2.34. The topological polar surface area (TPSA) is 53.0 Å². The van der Waals surface area contributed by atoms with E-state index in [0.29, 0.717) is 19.0 Å². The summed E-state index contributed by atoms with van der Waals surface area (Å²) in [4.78, 5) is 13.6. The van der Waals surface area contributed by atoms with Gasteiger partial charge in [0, 0.05) is 26.7 Å². The lowest BCUT2D eigenvalue weighted by atomic mass is 9.98. The first-order valence-electron chi connectivity index (χ1n) is 6.16. The lowest BCUT2D eigenvalue weighted by Crippen LogP contribution is -2.44. The number of carbonyl (C=O) groups excluding carboxylic acids is 1. The summed E-state index contributed by atoms with van der Waals surface area (Å²) in [5.41, 5.74) is -0.447. The molecule has 100 valence electrons. The van der Waals surface area contributed by atoms with E-state index in [9.17, 15) is 10.0 Å². The zero-order chi connectivity index (χ0) is 13.1. The summed E-state index contributed by atoms with van der Waals surface area (Å²) >= 11 is 0. The Balaban J connectivity index is 2.46. The second-order valence-corrected chi connectivity index (χ2v) is 5.77. The number of hydrogen-bond donors (Lipinski definition) is 1. The fraction of sp³-hybridized carbons (Fsp3) is 0.917. The summed E-state index contributed by atoms with van der Waals surface area (Å²) in [5, 5.41) is 10.4. The Morgan fingerprint density at radius 2 is 2.18 bits per heavy atom. The molecular weight excluding hydrogens is 220 g/mol. The van der Waals surface area contributed by atoms with Crippen LogP contribution < -0.4 is 0 Å². The van der Waals surface area contributed by atoms with Crippen molar-refractivity contribution in [3.8, 4) is 0 Å². The van der Waals surface area contributed by atoms with E-state index in [4.69, 9.17) is 4.74 Å². The summed E-state index contributed by atoms with van der Waals surface area (Å²) in [5.74, 6) is 0.325. The molecule has 0 saturated carbocycles. The van der Waals surface area contributed by atoms with Crippen molar-refractivity contribution in [1.29, 1.82) is 0 Å². The molecule has 1 fully saturated rings. The van der Waals surface area contributed by atoms with Crippen molar-refractivity contribution in [1.82, 2.24) is 9.96 Å². The number of piperidine rings is 1. The van der Waals surface area contributed by atoms with Gasteiger partial charge in [0.25, 0.3) is 0 Å². The van der Waals surface area contributed by atoms with Crippen LogP contribution >= 0.6 is 0 Å². The van der Waals surface area contributed by atoms with Crippen LogP contribution in [0.2, 0.25) is 0 Å². The summed E-state index contributed by atoms with van der Waals surface area (Å²) < 4.78 is 5.34. The van der Waals surface area contributed by atoms with Crippen molar-refractivity contribution in [2.75, 3.05) is 26.7 Å². The van der Waals surface area contributed by atoms with Crippen molar-refractivity contribution < 1.29 is 14.7 Å². The first-order chi connectivity index (χ1) is 7.78. The Labute approximate surface area is 103 Å². The Morgan fingerprint density at radius 3 is 2.71 bits per heavy atom. The minimum atomic E-state index is -0.447. The third-order valence-electron chi connectivity index (χ3n) is 2.69. The molecule has 0 aromatic carbocycles. The van der Waals surface area contributed by atoms with Crippen LogP contribution in [0.3, 0.4) is 0 Å². The van der Waals surface area contributed by atoms with Gasteiger partial charge >= 0.3 is 6.09 Å². The second kappa shape index (κ2) is 5.69. The van der Waals surface area contributed by atoms with Crippen LogP contribution in [-0.4, -0.2) is 53.5 Å². The number of rotatable bonds is 2. The number of amides is 1. The zero-order valence-corrected chi connectivity index (χ0v) is 11.3. The summed E-state index contributed by atoms with van der Waals surface area (Å²) in [7, 11) is 1.63. The van der Waals surface area contributed by atoms with Gasteiger partial charge < -0.3 is 14.8 Å². The maximum atomic E-state index is 11.9. The van der Waals surface area contributed by atoms with Gasteiger partial charge in [0.1, 0.15) is 5.60 Å². The van der Waals surface area contributed by atoms with Crippen LogP contribution in [0.25, 0.3) is 0 Å². The molecule has 1 amide bonds. The van der Waals surface area contributed by atoms with Crippen LogP contribution in [0.5, 0.6) is 0 Å². The normalized spacial score (nSPS) is 21.8. The van der Waals surface area contributed by atoms with Gasteiger partial charge in [-0.3, -0.25) is 0 Å². The molecule has 5 nitrogen and oxygen atoms in total. The number of ether oxygens (including phenoxy) is 1. The highest BCUT2D eigenvalue weighted by atomic mass is 16.6. The standard InChI is InChI=1S/C12H24N2O3/c1-12(2,3)17-11(15)14-7-5-6-10(9-14)8-13(4)16/h10,16H,5-9H2,1-4H3. The third-order valence-corrected chi connectivity index (χ3v) is 2.69. The summed E-state index contributed by atoms with van der Waals surface area (Å²) in [6, 6.07) is 0. The molecule has 17 heavy (non-hydrogen) atoms. The van der Waals surface area contributed by atoms with Crippen LogP contribution in [0.1, 0.15) is 33.6 Å². The largest absolute Gasteiger partial charge is 0.444 e. The van der Waals surface area contributed by atoms with E-state index in [1.54, 1.807) is 11.9 Å². The SMILES string of the molecule is CN(O)CC1CCCN(C(=O)OC(C)(C)C)C1. The highest BCUT2D eigenvalue weighted by Gasteiger charge is 2.27. The molecule has 1 aliphatic rings. The molecule has 0 bridgehead atoms. The van der Waals surface area contributed by atoms with E-state index < -0.39 is 5.60 Å². The summed E-state index contributed by atoms with van der Waals surface area (Å²) in [6.45, 7) is 7.62. The molecule has 0 aromatic rings. The van der Waals surface area contributed by atoms with Crippen LogP contribution in [-0.2, 0) is 4.74 Å². The molecule has 0 spiro atoms. The Bertz CT molecular complexity index is 261. The first-order valence-corrected chi connectivity index (χ1v) is 6.16. The molecule has 1 rings (SSSR count). The van der Waals surface area contributed by atoms with Crippen molar-refractivity contribution in [2.24, 2.45) is 5.92 Å². The molecule has 0 aromatic heterocycles. The quantitative estimate of drug-likeness (QED) is 0.754. The second-order valence-electron chi connectivity index (χ2n) is 5.77. The van der Waals surface area contributed by atoms with Crippen LogP contribution in [0.15, 0.2) is 0 Å². The number of hydroxylamine groups is 2. The average Bonchev–Trinajstić information content (AvgIpc) is 2.14. The lowest BCUT2D eigenvalue weighted by molar-refractivity contribution is -0.0824. The maximum Gasteiger partial charge on any atom is 0.410 e. The number of likely N-dealkylation sites (tertiary alicyclic amines) is 1. The van der Waals surface area contributed by atoms with Gasteiger partial charge in [-0.05, 0) is 39.5 Å². The average molecular weight is 244 g/mol. The number of hydrogen-bond acceptors (Lipinski definition) is 4. The van der Waals surface area contributed by atoms with E-state index in [0.717, 1.165) is 19.4 Å². The van der Waals surface area contributed by atoms with Gasteiger partial charge in [-0.1, -0.05) is 0 Å². The Hall–Kier alpha value is -0.810. The fourth-order valence-corrected chi connectivity index (χ4v) is 2.08. The van der Waals surface area contributed by atoms with Crippen molar-refractivity contribution in [3.63, 3.8) is 0 Å².